The quantitative estimate of drug-likeness (QED) is 0.770. The van der Waals surface area contributed by atoms with E-state index in [4.69, 9.17) is 0 Å². The van der Waals surface area contributed by atoms with Gasteiger partial charge >= 0.3 is 0 Å². The van der Waals surface area contributed by atoms with Gasteiger partial charge in [0.25, 0.3) is 0 Å². The number of rotatable bonds is 6. The van der Waals surface area contributed by atoms with Gasteiger partial charge in [0.1, 0.15) is 5.75 Å². The summed E-state index contributed by atoms with van der Waals surface area (Å²) in [5.41, 5.74) is 0.182. The van der Waals surface area contributed by atoms with Gasteiger partial charge in [0, 0.05) is 25.6 Å². The van der Waals surface area contributed by atoms with Crippen molar-refractivity contribution in [2.75, 3.05) is 33.7 Å². The number of sulfonamides is 1. The molecule has 0 spiro atoms. The van der Waals surface area contributed by atoms with Crippen LogP contribution in [-0.2, 0) is 21.4 Å². The molecule has 2 N–H and O–H groups in total. The van der Waals surface area contributed by atoms with Crippen molar-refractivity contribution in [3.63, 3.8) is 0 Å². The Kier molecular flexibility index (Phi) is 6.09. The van der Waals surface area contributed by atoms with E-state index in [-0.39, 0.29) is 36.9 Å². The fraction of sp³-hybridized carbons (Fsp3) is 0.429. The third kappa shape index (κ3) is 4.55. The van der Waals surface area contributed by atoms with Gasteiger partial charge in [-0.1, -0.05) is 42.5 Å². The molecule has 28 heavy (non-hydrogen) atoms. The van der Waals surface area contributed by atoms with Gasteiger partial charge in [0.15, 0.2) is 0 Å². The van der Waals surface area contributed by atoms with Crippen LogP contribution in [0, 0.1) is 5.92 Å². The van der Waals surface area contributed by atoms with Crippen molar-refractivity contribution in [1.29, 1.82) is 0 Å². The number of nitrogens with zero attached hydrogens (tertiary/aromatic N) is 2. The molecule has 0 unspecified atom stereocenters. The van der Waals surface area contributed by atoms with Crippen LogP contribution in [-0.4, -0.2) is 61.6 Å². The lowest BCUT2D eigenvalue weighted by molar-refractivity contribution is -0.0699. The van der Waals surface area contributed by atoms with Gasteiger partial charge in [-0.2, -0.15) is 0 Å². The van der Waals surface area contributed by atoms with Crippen molar-refractivity contribution in [1.82, 2.24) is 9.21 Å². The summed E-state index contributed by atoms with van der Waals surface area (Å²) in [6.45, 7) is 1.01. The number of phenolic OH excluding ortho intramolecular Hbond substituents is 1. The first kappa shape index (κ1) is 20.8. The van der Waals surface area contributed by atoms with Crippen LogP contribution in [0.4, 0.5) is 0 Å². The van der Waals surface area contributed by atoms with Crippen molar-refractivity contribution in [3.8, 4) is 5.75 Å². The topological polar surface area (TPSA) is 81.1 Å². The Bertz CT molecular complexity index is 902. The van der Waals surface area contributed by atoms with E-state index in [0.29, 0.717) is 12.1 Å². The van der Waals surface area contributed by atoms with E-state index in [9.17, 15) is 18.6 Å². The second-order valence-electron chi connectivity index (χ2n) is 7.78. The maximum Gasteiger partial charge on any atom is 0.218 e. The van der Waals surface area contributed by atoms with Crippen molar-refractivity contribution >= 4 is 10.0 Å². The lowest BCUT2D eigenvalue weighted by atomic mass is 9.76. The van der Waals surface area contributed by atoms with Crippen LogP contribution >= 0.6 is 0 Å². The van der Waals surface area contributed by atoms with Gasteiger partial charge in [0.2, 0.25) is 10.0 Å². The maximum atomic E-state index is 13.0. The summed E-state index contributed by atoms with van der Waals surface area (Å²) in [6, 6.07) is 15.8. The molecule has 1 saturated heterocycles. The molecule has 0 radical (unpaired) electrons. The van der Waals surface area contributed by atoms with Gasteiger partial charge in [-0.05, 0) is 43.8 Å². The van der Waals surface area contributed by atoms with Crippen LogP contribution < -0.4 is 0 Å². The van der Waals surface area contributed by atoms with Crippen LogP contribution in [0.25, 0.3) is 0 Å². The Balaban J connectivity index is 1.86. The highest BCUT2D eigenvalue weighted by molar-refractivity contribution is 7.88. The summed E-state index contributed by atoms with van der Waals surface area (Å²) in [6.07, 6.45) is 0.281. The molecule has 1 heterocycles. The van der Waals surface area contributed by atoms with Crippen LogP contribution in [0.5, 0.6) is 5.75 Å². The van der Waals surface area contributed by atoms with E-state index in [0.717, 1.165) is 5.56 Å². The molecule has 7 heteroatoms. The van der Waals surface area contributed by atoms with Crippen molar-refractivity contribution in [2.24, 2.45) is 5.92 Å². The Labute approximate surface area is 167 Å². The zero-order chi connectivity index (χ0) is 20.4. The predicted octanol–water partition coefficient (Wildman–Crippen LogP) is 1.99. The van der Waals surface area contributed by atoms with E-state index in [1.807, 2.05) is 49.3 Å². The van der Waals surface area contributed by atoms with Crippen LogP contribution in [0.15, 0.2) is 54.6 Å². The molecule has 1 fully saturated rings. The third-order valence-electron chi connectivity index (χ3n) is 5.36. The number of aliphatic hydroxyl groups is 1. The van der Waals surface area contributed by atoms with Crippen molar-refractivity contribution < 1.29 is 18.6 Å². The molecule has 3 rings (SSSR count). The highest BCUT2D eigenvalue weighted by Gasteiger charge is 2.45. The Morgan fingerprint density at radius 1 is 1.14 bits per heavy atom. The Morgan fingerprint density at radius 2 is 1.86 bits per heavy atom. The van der Waals surface area contributed by atoms with E-state index in [1.165, 1.54) is 4.31 Å². The fourth-order valence-corrected chi connectivity index (χ4v) is 5.49. The van der Waals surface area contributed by atoms with Crippen LogP contribution in [0.2, 0.25) is 0 Å². The summed E-state index contributed by atoms with van der Waals surface area (Å²) in [5, 5.41) is 21.3. The molecule has 0 amide bonds. The SMILES string of the molecule is CN(C)C[C@@H]1CN(S(=O)(=O)Cc2ccccc2)CC[C@@]1(O)c1cccc(O)c1. The molecule has 2 aromatic carbocycles. The molecule has 0 aliphatic carbocycles. The van der Waals surface area contributed by atoms with Gasteiger partial charge in [0.05, 0.1) is 11.4 Å². The average molecular weight is 405 g/mol. The van der Waals surface area contributed by atoms with Crippen molar-refractivity contribution in [2.45, 2.75) is 17.8 Å². The molecule has 0 saturated carbocycles. The molecule has 0 bridgehead atoms. The summed E-state index contributed by atoms with van der Waals surface area (Å²) >= 11 is 0. The van der Waals surface area contributed by atoms with Crippen molar-refractivity contribution in [3.05, 3.63) is 65.7 Å². The number of hydrogen-bond donors (Lipinski definition) is 2. The minimum atomic E-state index is -3.49. The first-order valence-corrected chi connectivity index (χ1v) is 11.0. The molecule has 1 aliphatic heterocycles. The number of piperidine rings is 1. The standard InChI is InChI=1S/C21H28N2O4S/c1-22(2)14-19-15-23(28(26,27)16-17-7-4-3-5-8-17)12-11-21(19,25)18-9-6-10-20(24)13-18/h3-10,13,19,24-25H,11-12,14-16H2,1-2H3/t19-,21-/m1/s1. The molecular formula is C21H28N2O4S. The maximum absolute atomic E-state index is 13.0. The number of benzene rings is 2. The highest BCUT2D eigenvalue weighted by atomic mass is 32.2. The molecule has 6 nitrogen and oxygen atoms in total. The zero-order valence-corrected chi connectivity index (χ0v) is 17.1. The molecular weight excluding hydrogens is 376 g/mol. The summed E-state index contributed by atoms with van der Waals surface area (Å²) in [4.78, 5) is 1.95. The minimum Gasteiger partial charge on any atom is -0.508 e. The Morgan fingerprint density at radius 3 is 2.50 bits per heavy atom. The van der Waals surface area contributed by atoms with E-state index < -0.39 is 15.6 Å². The largest absolute Gasteiger partial charge is 0.508 e. The number of aromatic hydroxyl groups is 1. The van der Waals surface area contributed by atoms with Gasteiger partial charge in [-0.3, -0.25) is 0 Å². The predicted molar refractivity (Wildman–Crippen MR) is 109 cm³/mol. The first-order valence-electron chi connectivity index (χ1n) is 9.39. The minimum absolute atomic E-state index is 0.0485. The smallest absolute Gasteiger partial charge is 0.218 e. The normalized spacial score (nSPS) is 23.8. The first-order chi connectivity index (χ1) is 13.2. The third-order valence-corrected chi connectivity index (χ3v) is 7.18. The summed E-state index contributed by atoms with van der Waals surface area (Å²) in [5.74, 6) is -0.273. The summed E-state index contributed by atoms with van der Waals surface area (Å²) < 4.78 is 27.4. The second kappa shape index (κ2) is 8.21. The lowest BCUT2D eigenvalue weighted by Gasteiger charge is -2.45. The highest BCUT2D eigenvalue weighted by Crippen LogP contribution is 2.39. The van der Waals surface area contributed by atoms with Gasteiger partial charge < -0.3 is 15.1 Å². The number of phenols is 1. The summed E-state index contributed by atoms with van der Waals surface area (Å²) in [7, 11) is 0.315. The molecule has 2 aromatic rings. The van der Waals surface area contributed by atoms with Crippen LogP contribution in [0.3, 0.4) is 0 Å². The average Bonchev–Trinajstić information content (AvgIpc) is 2.63. The molecule has 2 atom stereocenters. The van der Waals surface area contributed by atoms with Gasteiger partial charge in [-0.15, -0.1) is 0 Å². The number of hydrogen-bond acceptors (Lipinski definition) is 5. The fourth-order valence-electron chi connectivity index (χ4n) is 3.92. The van der Waals surface area contributed by atoms with Crippen LogP contribution in [0.1, 0.15) is 17.5 Å². The molecule has 1 aliphatic rings. The second-order valence-corrected chi connectivity index (χ2v) is 9.75. The lowest BCUT2D eigenvalue weighted by Crippen LogP contribution is -2.54. The van der Waals surface area contributed by atoms with E-state index in [1.54, 1.807) is 24.3 Å². The van der Waals surface area contributed by atoms with E-state index in [2.05, 4.69) is 0 Å². The Hall–Kier alpha value is -1.93. The monoisotopic (exact) mass is 404 g/mol. The molecule has 0 aromatic heterocycles. The van der Waals surface area contributed by atoms with Gasteiger partial charge in [-0.25, -0.2) is 12.7 Å². The molecule has 152 valence electrons. The zero-order valence-electron chi connectivity index (χ0n) is 16.3. The van der Waals surface area contributed by atoms with E-state index >= 15 is 0 Å².